The van der Waals surface area contributed by atoms with E-state index < -0.39 is 0 Å². The second kappa shape index (κ2) is 5.53. The number of fused-ring (bicyclic) bond motifs is 1. The molecule has 0 fully saturated rings. The number of rotatable bonds is 2. The van der Waals surface area contributed by atoms with Crippen molar-refractivity contribution in [2.24, 2.45) is 0 Å². The van der Waals surface area contributed by atoms with Crippen molar-refractivity contribution in [3.63, 3.8) is 0 Å². The van der Waals surface area contributed by atoms with E-state index in [1.54, 1.807) is 35.9 Å². The molecule has 0 aromatic carbocycles. The van der Waals surface area contributed by atoms with Crippen molar-refractivity contribution in [1.29, 1.82) is 0 Å². The molecule has 1 amide bonds. The average Bonchev–Trinajstić information content (AvgIpc) is 2.72. The highest BCUT2D eigenvalue weighted by Gasteiger charge is 2.16. The van der Waals surface area contributed by atoms with Gasteiger partial charge in [0.05, 0.1) is 4.88 Å². The third-order valence-electron chi connectivity index (χ3n) is 3.41. The van der Waals surface area contributed by atoms with E-state index in [-0.39, 0.29) is 5.91 Å². The monoisotopic (exact) mass is 272 g/mol. The van der Waals surface area contributed by atoms with Gasteiger partial charge in [-0.05, 0) is 49.4 Å². The molecule has 0 aliphatic heterocycles. The van der Waals surface area contributed by atoms with Crippen molar-refractivity contribution >= 4 is 22.9 Å². The Morgan fingerprint density at radius 3 is 2.79 bits per heavy atom. The fraction of sp³-hybridized carbons (Fsp3) is 0.333. The summed E-state index contributed by atoms with van der Waals surface area (Å²) in [7, 11) is 0. The van der Waals surface area contributed by atoms with Gasteiger partial charge in [-0.1, -0.05) is 6.42 Å². The van der Waals surface area contributed by atoms with Crippen LogP contribution in [0.2, 0.25) is 0 Å². The van der Waals surface area contributed by atoms with Crippen LogP contribution in [0.3, 0.4) is 0 Å². The van der Waals surface area contributed by atoms with Crippen molar-refractivity contribution in [3.05, 3.63) is 45.9 Å². The molecule has 3 rings (SSSR count). The number of thiophene rings is 1. The van der Waals surface area contributed by atoms with Crippen LogP contribution in [0.15, 0.2) is 30.6 Å². The second-order valence-corrected chi connectivity index (χ2v) is 5.95. The molecule has 4 heteroatoms. The lowest BCUT2D eigenvalue weighted by Crippen LogP contribution is -2.10. The molecule has 98 valence electrons. The lowest BCUT2D eigenvalue weighted by Gasteiger charge is -2.02. The first kappa shape index (κ1) is 12.4. The predicted octanol–water partition coefficient (Wildman–Crippen LogP) is 3.66. The van der Waals surface area contributed by atoms with Gasteiger partial charge in [-0.15, -0.1) is 11.3 Å². The summed E-state index contributed by atoms with van der Waals surface area (Å²) in [5.41, 5.74) is 2.17. The Labute approximate surface area is 116 Å². The topological polar surface area (TPSA) is 42.0 Å². The lowest BCUT2D eigenvalue weighted by molar-refractivity contribution is 0.103. The van der Waals surface area contributed by atoms with Gasteiger partial charge in [-0.25, -0.2) is 0 Å². The highest BCUT2D eigenvalue weighted by molar-refractivity contribution is 7.14. The van der Waals surface area contributed by atoms with Crippen molar-refractivity contribution in [2.75, 3.05) is 5.32 Å². The number of hydrogen-bond donors (Lipinski definition) is 1. The SMILES string of the molecule is O=C(Nc1ccncc1)c1cc2c(s1)CCCCC2. The fourth-order valence-electron chi connectivity index (χ4n) is 2.41. The molecule has 3 nitrogen and oxygen atoms in total. The first-order valence-electron chi connectivity index (χ1n) is 6.66. The number of aryl methyl sites for hydroxylation is 2. The number of carbonyl (C=O) groups is 1. The van der Waals surface area contributed by atoms with E-state index >= 15 is 0 Å². The predicted molar refractivity (Wildman–Crippen MR) is 77.8 cm³/mol. The summed E-state index contributed by atoms with van der Waals surface area (Å²) in [5, 5.41) is 2.91. The molecule has 0 bridgehead atoms. The molecule has 2 aromatic rings. The van der Waals surface area contributed by atoms with Gasteiger partial charge in [0, 0.05) is 23.0 Å². The minimum atomic E-state index is -0.00993. The van der Waals surface area contributed by atoms with Crippen LogP contribution in [-0.2, 0) is 12.8 Å². The van der Waals surface area contributed by atoms with Crippen LogP contribution in [0.25, 0.3) is 0 Å². The zero-order chi connectivity index (χ0) is 13.1. The Hall–Kier alpha value is -1.68. The van der Waals surface area contributed by atoms with Crippen molar-refractivity contribution in [3.8, 4) is 0 Å². The van der Waals surface area contributed by atoms with Crippen LogP contribution in [0.4, 0.5) is 5.69 Å². The zero-order valence-electron chi connectivity index (χ0n) is 10.7. The van der Waals surface area contributed by atoms with Crippen LogP contribution >= 0.6 is 11.3 Å². The Morgan fingerprint density at radius 1 is 1.16 bits per heavy atom. The highest BCUT2D eigenvalue weighted by Crippen LogP contribution is 2.29. The maximum Gasteiger partial charge on any atom is 0.265 e. The van der Waals surface area contributed by atoms with Gasteiger partial charge in [-0.2, -0.15) is 0 Å². The third-order valence-corrected chi connectivity index (χ3v) is 4.64. The molecule has 1 N–H and O–H groups in total. The minimum absolute atomic E-state index is 0.00993. The fourth-order valence-corrected chi connectivity index (χ4v) is 3.56. The molecule has 19 heavy (non-hydrogen) atoms. The summed E-state index contributed by atoms with van der Waals surface area (Å²) < 4.78 is 0. The highest BCUT2D eigenvalue weighted by atomic mass is 32.1. The van der Waals surface area contributed by atoms with E-state index in [1.165, 1.54) is 29.7 Å². The number of aromatic nitrogens is 1. The van der Waals surface area contributed by atoms with Gasteiger partial charge in [0.2, 0.25) is 0 Å². The van der Waals surface area contributed by atoms with Gasteiger partial charge in [0.1, 0.15) is 0 Å². The molecule has 0 unspecified atom stereocenters. The van der Waals surface area contributed by atoms with E-state index in [2.05, 4.69) is 16.4 Å². The number of nitrogens with one attached hydrogen (secondary N) is 1. The molecular weight excluding hydrogens is 256 g/mol. The maximum atomic E-state index is 12.2. The van der Waals surface area contributed by atoms with Crippen LogP contribution in [0.1, 0.15) is 39.4 Å². The van der Waals surface area contributed by atoms with Crippen LogP contribution in [0, 0.1) is 0 Å². The number of nitrogens with zero attached hydrogens (tertiary/aromatic N) is 1. The van der Waals surface area contributed by atoms with E-state index in [4.69, 9.17) is 0 Å². The molecule has 0 radical (unpaired) electrons. The molecule has 2 aromatic heterocycles. The third kappa shape index (κ3) is 2.84. The molecule has 0 saturated heterocycles. The molecule has 2 heterocycles. The molecular formula is C15H16N2OS. The average molecular weight is 272 g/mol. The number of carbonyl (C=O) groups excluding carboxylic acids is 1. The quantitative estimate of drug-likeness (QED) is 0.848. The van der Waals surface area contributed by atoms with E-state index in [0.29, 0.717) is 0 Å². The second-order valence-electron chi connectivity index (χ2n) is 4.81. The summed E-state index contributed by atoms with van der Waals surface area (Å²) in [4.78, 5) is 18.4. The van der Waals surface area contributed by atoms with Crippen molar-refractivity contribution in [2.45, 2.75) is 32.1 Å². The Balaban J connectivity index is 1.77. The summed E-state index contributed by atoms with van der Waals surface area (Å²) >= 11 is 1.65. The van der Waals surface area contributed by atoms with E-state index in [0.717, 1.165) is 23.4 Å². The minimum Gasteiger partial charge on any atom is -0.321 e. The largest absolute Gasteiger partial charge is 0.321 e. The van der Waals surface area contributed by atoms with E-state index in [9.17, 15) is 4.79 Å². The van der Waals surface area contributed by atoms with Crippen LogP contribution < -0.4 is 5.32 Å². The smallest absolute Gasteiger partial charge is 0.265 e. The number of pyridine rings is 1. The van der Waals surface area contributed by atoms with E-state index in [1.807, 2.05) is 0 Å². The van der Waals surface area contributed by atoms with Gasteiger partial charge >= 0.3 is 0 Å². The summed E-state index contributed by atoms with van der Waals surface area (Å²) in [5.74, 6) is -0.00993. The molecule has 0 saturated carbocycles. The van der Waals surface area contributed by atoms with Gasteiger partial charge in [-0.3, -0.25) is 9.78 Å². The Kier molecular flexibility index (Phi) is 3.60. The molecule has 1 aliphatic carbocycles. The van der Waals surface area contributed by atoms with Crippen molar-refractivity contribution < 1.29 is 4.79 Å². The summed E-state index contributed by atoms with van der Waals surface area (Å²) in [6.45, 7) is 0. The van der Waals surface area contributed by atoms with Crippen LogP contribution in [0.5, 0.6) is 0 Å². The van der Waals surface area contributed by atoms with Crippen molar-refractivity contribution in [1.82, 2.24) is 4.98 Å². The lowest BCUT2D eigenvalue weighted by atomic mass is 10.1. The number of hydrogen-bond acceptors (Lipinski definition) is 3. The zero-order valence-corrected chi connectivity index (χ0v) is 11.5. The first-order chi connectivity index (χ1) is 9.33. The maximum absolute atomic E-state index is 12.2. The molecule has 0 atom stereocenters. The Morgan fingerprint density at radius 2 is 1.95 bits per heavy atom. The first-order valence-corrected chi connectivity index (χ1v) is 7.47. The normalized spacial score (nSPS) is 14.5. The molecule has 1 aliphatic rings. The summed E-state index contributed by atoms with van der Waals surface area (Å²) in [6.07, 6.45) is 9.41. The molecule has 0 spiro atoms. The standard InChI is InChI=1S/C15H16N2OS/c18-15(17-12-6-8-16-9-7-12)14-10-11-4-2-1-3-5-13(11)19-14/h6-10H,1-5H2,(H,16,17,18). The number of amides is 1. The van der Waals surface area contributed by atoms with Gasteiger partial charge < -0.3 is 5.32 Å². The Bertz CT molecular complexity index is 554. The number of anilines is 1. The summed E-state index contributed by atoms with van der Waals surface area (Å²) in [6, 6.07) is 5.68. The van der Waals surface area contributed by atoms with Gasteiger partial charge in [0.25, 0.3) is 5.91 Å². The van der Waals surface area contributed by atoms with Crippen LogP contribution in [-0.4, -0.2) is 10.9 Å². The van der Waals surface area contributed by atoms with Gasteiger partial charge in [0.15, 0.2) is 0 Å².